The number of hydrogen-bond acceptors (Lipinski definition) is 2. The van der Waals surface area contributed by atoms with Crippen LogP contribution in [-0.4, -0.2) is 0 Å². The van der Waals surface area contributed by atoms with E-state index in [1.807, 2.05) is 23.5 Å². The molecule has 0 unspecified atom stereocenters. The van der Waals surface area contributed by atoms with Gasteiger partial charge in [0.25, 0.3) is 0 Å². The molecule has 0 saturated heterocycles. The molecule has 1 nitrogen and oxygen atoms in total. The molecule has 0 bridgehead atoms. The number of rotatable bonds is 4. The summed E-state index contributed by atoms with van der Waals surface area (Å²) in [4.78, 5) is 0. The third-order valence-electron chi connectivity index (χ3n) is 14.8. The largest absolute Gasteiger partial charge is 0.456 e. The molecule has 2 heteroatoms. The van der Waals surface area contributed by atoms with E-state index in [1.54, 1.807) is 0 Å². The average molecular weight is 861 g/mol. The summed E-state index contributed by atoms with van der Waals surface area (Å²) in [5.74, 6) is 0. The summed E-state index contributed by atoms with van der Waals surface area (Å²) in [7, 11) is 0. The SMILES string of the molecule is CC1(c2cccc(-c3cccc4oc5ccccc5c34)c2)c2ccccc2-c2ccccc21.CC1(c2cccc(-c3cccc4sc5ccccc5c34)c2)c2ccccc2-c2ccccc21. The normalized spacial score (nSPS) is 13.8. The van der Waals surface area contributed by atoms with Crippen LogP contribution in [0.5, 0.6) is 0 Å². The maximum absolute atomic E-state index is 6.16. The van der Waals surface area contributed by atoms with Crippen LogP contribution in [0.1, 0.15) is 47.2 Å². The van der Waals surface area contributed by atoms with Crippen LogP contribution >= 0.6 is 11.3 Å². The number of benzene rings is 10. The zero-order valence-electron chi connectivity index (χ0n) is 36.8. The van der Waals surface area contributed by atoms with E-state index in [9.17, 15) is 0 Å². The van der Waals surface area contributed by atoms with Crippen LogP contribution in [0.3, 0.4) is 0 Å². The van der Waals surface area contributed by atoms with E-state index in [0.717, 1.165) is 16.6 Å². The third kappa shape index (κ3) is 5.65. The van der Waals surface area contributed by atoms with Crippen LogP contribution in [0, 0.1) is 0 Å². The molecule has 0 amide bonds. The first-order valence-electron chi connectivity index (χ1n) is 22.9. The second-order valence-electron chi connectivity index (χ2n) is 18.1. The highest BCUT2D eigenvalue weighted by Gasteiger charge is 2.42. The Bertz CT molecular complexity index is 3530. The first kappa shape index (κ1) is 38.7. The molecule has 0 atom stereocenters. The summed E-state index contributed by atoms with van der Waals surface area (Å²) in [5, 5.41) is 5.06. The van der Waals surface area contributed by atoms with Crippen molar-refractivity contribution in [1.82, 2.24) is 0 Å². The minimum Gasteiger partial charge on any atom is -0.456 e. The van der Waals surface area contributed by atoms with Crippen LogP contribution in [-0.2, 0) is 10.8 Å². The van der Waals surface area contributed by atoms with Crippen LogP contribution in [0.2, 0.25) is 0 Å². The number of thiophene rings is 1. The fraction of sp³-hybridized carbons (Fsp3) is 0.0625. The van der Waals surface area contributed by atoms with Gasteiger partial charge in [0.2, 0.25) is 0 Å². The van der Waals surface area contributed by atoms with Crippen molar-refractivity contribution >= 4 is 53.4 Å². The van der Waals surface area contributed by atoms with Crippen LogP contribution in [0.15, 0.2) is 235 Å². The summed E-state index contributed by atoms with van der Waals surface area (Å²) in [6.45, 7) is 4.75. The minimum absolute atomic E-state index is 0.173. The van der Waals surface area contributed by atoms with Crippen molar-refractivity contribution in [3.63, 3.8) is 0 Å². The molecule has 0 spiro atoms. The molecule has 0 N–H and O–H groups in total. The fourth-order valence-corrected chi connectivity index (χ4v) is 12.7. The number of furan rings is 1. The van der Waals surface area contributed by atoms with Gasteiger partial charge >= 0.3 is 0 Å². The summed E-state index contributed by atoms with van der Waals surface area (Å²) in [6, 6.07) is 83.9. The Morgan fingerprint density at radius 3 is 1.27 bits per heavy atom. The second kappa shape index (κ2) is 14.9. The highest BCUT2D eigenvalue weighted by atomic mass is 32.1. The van der Waals surface area contributed by atoms with Gasteiger partial charge in [0.05, 0.1) is 0 Å². The molecule has 14 rings (SSSR count). The van der Waals surface area contributed by atoms with Gasteiger partial charge in [0, 0.05) is 41.8 Å². The maximum atomic E-state index is 6.16. The van der Waals surface area contributed by atoms with Gasteiger partial charge in [-0.3, -0.25) is 0 Å². The van der Waals surface area contributed by atoms with Crippen molar-refractivity contribution in [2.24, 2.45) is 0 Å². The number of fused-ring (bicyclic) bond motifs is 12. The highest BCUT2D eigenvalue weighted by molar-refractivity contribution is 7.25. The van der Waals surface area contributed by atoms with Gasteiger partial charge in [-0.15, -0.1) is 11.3 Å². The molecular weight excluding hydrogens is 817 g/mol. The first-order chi connectivity index (χ1) is 32.5. The zero-order chi connectivity index (χ0) is 44.0. The monoisotopic (exact) mass is 860 g/mol. The molecule has 12 aromatic rings. The standard InChI is InChI=1S/C32H22O.C32H22S/c2*1-32(27-16-5-2-12-24(27)25-13-3-6-17-28(25)32)22-11-8-10-21(20-22)23-15-9-19-30-31(23)26-14-4-7-18-29(26)33-30/h2*2-20H,1H3. The van der Waals surface area contributed by atoms with E-state index in [1.165, 1.54) is 103 Å². The lowest BCUT2D eigenvalue weighted by Crippen LogP contribution is -2.22. The number of para-hydroxylation sites is 1. The molecule has 0 radical (unpaired) electrons. The predicted octanol–water partition coefficient (Wildman–Crippen LogP) is 17.6. The molecule has 2 aromatic heterocycles. The Labute approximate surface area is 388 Å². The van der Waals surface area contributed by atoms with Crippen molar-refractivity contribution < 1.29 is 4.42 Å². The van der Waals surface area contributed by atoms with Crippen molar-refractivity contribution in [2.45, 2.75) is 24.7 Å². The average Bonchev–Trinajstić information content (AvgIpc) is 4.11. The summed E-state index contributed by atoms with van der Waals surface area (Å²) in [5.41, 5.74) is 20.1. The van der Waals surface area contributed by atoms with Gasteiger partial charge in [0.1, 0.15) is 11.2 Å². The van der Waals surface area contributed by atoms with Gasteiger partial charge < -0.3 is 4.42 Å². The fourth-order valence-electron chi connectivity index (χ4n) is 11.6. The van der Waals surface area contributed by atoms with Crippen molar-refractivity contribution in [1.29, 1.82) is 0 Å². The van der Waals surface area contributed by atoms with E-state index in [4.69, 9.17) is 4.42 Å². The van der Waals surface area contributed by atoms with Crippen LogP contribution < -0.4 is 0 Å². The van der Waals surface area contributed by atoms with Gasteiger partial charge in [-0.25, -0.2) is 0 Å². The summed E-state index contributed by atoms with van der Waals surface area (Å²) in [6.07, 6.45) is 0. The van der Waals surface area contributed by atoms with Gasteiger partial charge in [0.15, 0.2) is 0 Å². The molecule has 2 aliphatic rings. The maximum Gasteiger partial charge on any atom is 0.136 e. The quantitative estimate of drug-likeness (QED) is 0.172. The van der Waals surface area contributed by atoms with Gasteiger partial charge in [-0.2, -0.15) is 0 Å². The molecule has 10 aromatic carbocycles. The van der Waals surface area contributed by atoms with E-state index in [2.05, 4.69) is 232 Å². The molecular formula is C64H44OS. The lowest BCUT2D eigenvalue weighted by Gasteiger charge is -2.29. The van der Waals surface area contributed by atoms with Crippen molar-refractivity contribution in [3.05, 3.63) is 264 Å². The third-order valence-corrected chi connectivity index (χ3v) is 15.9. The van der Waals surface area contributed by atoms with Gasteiger partial charge in [-0.05, 0) is 128 Å². The van der Waals surface area contributed by atoms with E-state index in [-0.39, 0.29) is 10.8 Å². The second-order valence-corrected chi connectivity index (χ2v) is 19.2. The Morgan fingerprint density at radius 1 is 0.318 bits per heavy atom. The lowest BCUT2D eigenvalue weighted by molar-refractivity contribution is 0.669. The molecule has 2 heterocycles. The Hall–Kier alpha value is -7.78. The topological polar surface area (TPSA) is 13.1 Å². The van der Waals surface area contributed by atoms with Gasteiger partial charge in [-0.1, -0.05) is 194 Å². The smallest absolute Gasteiger partial charge is 0.136 e. The molecule has 0 fully saturated rings. The summed E-state index contributed by atoms with van der Waals surface area (Å²) >= 11 is 1.88. The Balaban J connectivity index is 0.000000132. The molecule has 66 heavy (non-hydrogen) atoms. The van der Waals surface area contributed by atoms with Crippen LogP contribution in [0.4, 0.5) is 0 Å². The zero-order valence-corrected chi connectivity index (χ0v) is 37.6. The molecule has 0 saturated carbocycles. The number of hydrogen-bond donors (Lipinski definition) is 0. The predicted molar refractivity (Wildman–Crippen MR) is 279 cm³/mol. The van der Waals surface area contributed by atoms with Crippen molar-refractivity contribution in [2.75, 3.05) is 0 Å². The van der Waals surface area contributed by atoms with E-state index in [0.29, 0.717) is 0 Å². The first-order valence-corrected chi connectivity index (χ1v) is 23.7. The Kier molecular flexibility index (Phi) is 8.72. The Morgan fingerprint density at radius 2 is 0.712 bits per heavy atom. The van der Waals surface area contributed by atoms with Crippen molar-refractivity contribution in [3.8, 4) is 44.5 Å². The van der Waals surface area contributed by atoms with E-state index < -0.39 is 0 Å². The lowest BCUT2D eigenvalue weighted by atomic mass is 9.73. The molecule has 312 valence electrons. The van der Waals surface area contributed by atoms with E-state index >= 15 is 0 Å². The minimum atomic E-state index is -0.199. The highest BCUT2D eigenvalue weighted by Crippen LogP contribution is 2.54. The van der Waals surface area contributed by atoms with Crippen LogP contribution in [0.25, 0.3) is 86.6 Å². The summed E-state index contributed by atoms with van der Waals surface area (Å²) < 4.78 is 8.86. The molecule has 2 aliphatic carbocycles. The molecule has 0 aliphatic heterocycles.